The van der Waals surface area contributed by atoms with Gasteiger partial charge >= 0.3 is 24.1 Å². The molecule has 0 aliphatic rings. The van der Waals surface area contributed by atoms with E-state index < -0.39 is 36.1 Å². The molecule has 0 fully saturated rings. The molecule has 3 rings (SSSR count). The number of methoxy groups -OCH3 is 1. The van der Waals surface area contributed by atoms with E-state index in [-0.39, 0.29) is 31.8 Å². The van der Waals surface area contributed by atoms with E-state index in [1.54, 1.807) is 43.5 Å². The molecule has 0 saturated carbocycles. The van der Waals surface area contributed by atoms with Crippen LogP contribution in [-0.4, -0.2) is 66.4 Å². The molecule has 0 aromatic heterocycles. The van der Waals surface area contributed by atoms with Crippen LogP contribution in [0.5, 0.6) is 5.75 Å². The second kappa shape index (κ2) is 18.3. The fourth-order valence-corrected chi connectivity index (χ4v) is 3.78. The zero-order valence-corrected chi connectivity index (χ0v) is 24.6. The fourth-order valence-electron chi connectivity index (χ4n) is 3.78. The molecule has 0 saturated heterocycles. The number of carboxylic acids is 2. The number of carbonyl (C=O) groups is 5. The number of hydrogen-bond acceptors (Lipinski definition) is 6. The summed E-state index contributed by atoms with van der Waals surface area (Å²) in [5, 5.41) is 27.0. The van der Waals surface area contributed by atoms with Gasteiger partial charge in [0.05, 0.1) is 26.1 Å². The van der Waals surface area contributed by atoms with Crippen LogP contribution in [0.15, 0.2) is 78.9 Å². The molecular formula is C31H33F3N4O8. The molecule has 46 heavy (non-hydrogen) atoms. The monoisotopic (exact) mass is 646 g/mol. The summed E-state index contributed by atoms with van der Waals surface area (Å²) in [5.74, 6) is -3.99. The predicted octanol–water partition coefficient (Wildman–Crippen LogP) is 4.35. The summed E-state index contributed by atoms with van der Waals surface area (Å²) in [4.78, 5) is 56.8. The van der Waals surface area contributed by atoms with Crippen molar-refractivity contribution in [3.05, 3.63) is 84.4 Å². The number of carboxylic acid groups (broad SMARTS) is 2. The summed E-state index contributed by atoms with van der Waals surface area (Å²) in [6, 6.07) is 22.8. The quantitative estimate of drug-likeness (QED) is 0.148. The Morgan fingerprint density at radius 2 is 1.39 bits per heavy atom. The van der Waals surface area contributed by atoms with Gasteiger partial charge in [-0.05, 0) is 47.4 Å². The summed E-state index contributed by atoms with van der Waals surface area (Å²) in [6.07, 6.45) is -4.90. The van der Waals surface area contributed by atoms with Crippen LogP contribution in [0.1, 0.15) is 30.9 Å². The highest BCUT2D eigenvalue weighted by Gasteiger charge is 2.38. The lowest BCUT2D eigenvalue weighted by Gasteiger charge is -2.18. The Balaban J connectivity index is 0.000000942. The number of anilines is 1. The van der Waals surface area contributed by atoms with E-state index in [2.05, 4.69) is 21.3 Å². The predicted molar refractivity (Wildman–Crippen MR) is 161 cm³/mol. The van der Waals surface area contributed by atoms with Crippen LogP contribution in [0.25, 0.3) is 11.1 Å². The lowest BCUT2D eigenvalue weighted by molar-refractivity contribution is -0.192. The Bertz CT molecular complexity index is 1450. The molecule has 1 unspecified atom stereocenters. The molecule has 0 aliphatic carbocycles. The first-order valence-electron chi connectivity index (χ1n) is 13.7. The minimum Gasteiger partial charge on any atom is -0.497 e. The Labute approximate surface area is 262 Å². The minimum absolute atomic E-state index is 0.107. The summed E-state index contributed by atoms with van der Waals surface area (Å²) in [6.45, 7) is -0.0241. The summed E-state index contributed by atoms with van der Waals surface area (Å²) < 4.78 is 36.8. The van der Waals surface area contributed by atoms with Crippen molar-refractivity contribution >= 4 is 35.5 Å². The van der Waals surface area contributed by atoms with Crippen LogP contribution in [0.3, 0.4) is 0 Å². The van der Waals surface area contributed by atoms with Crippen molar-refractivity contribution < 1.29 is 52.1 Å². The van der Waals surface area contributed by atoms with Gasteiger partial charge in [0.15, 0.2) is 0 Å². The SMILES string of the molecule is COc1ccc(NC(=O)NCCCC(=O)NCC(=O)NC(CC(=O)O)c2ccc(-c3ccccc3)cc2)cc1.O=C(O)C(F)(F)F. The first-order chi connectivity index (χ1) is 21.8. The van der Waals surface area contributed by atoms with E-state index in [4.69, 9.17) is 14.6 Å². The van der Waals surface area contributed by atoms with E-state index in [9.17, 15) is 37.5 Å². The molecular weight excluding hydrogens is 613 g/mol. The van der Waals surface area contributed by atoms with E-state index >= 15 is 0 Å². The molecule has 246 valence electrons. The Morgan fingerprint density at radius 3 is 1.93 bits per heavy atom. The molecule has 0 bridgehead atoms. The van der Waals surface area contributed by atoms with Gasteiger partial charge in [0.25, 0.3) is 0 Å². The molecule has 15 heteroatoms. The normalized spacial score (nSPS) is 11.1. The molecule has 3 aromatic rings. The molecule has 1 atom stereocenters. The van der Waals surface area contributed by atoms with Crippen molar-refractivity contribution in [2.75, 3.05) is 25.5 Å². The van der Waals surface area contributed by atoms with Crippen molar-refractivity contribution in [1.29, 1.82) is 0 Å². The van der Waals surface area contributed by atoms with Gasteiger partial charge in [-0.1, -0.05) is 54.6 Å². The highest BCUT2D eigenvalue weighted by atomic mass is 19.4. The Kier molecular flexibility index (Phi) is 14.5. The number of halogens is 3. The van der Waals surface area contributed by atoms with E-state index in [1.165, 1.54) is 0 Å². The molecule has 6 N–H and O–H groups in total. The van der Waals surface area contributed by atoms with Crippen molar-refractivity contribution in [2.24, 2.45) is 0 Å². The number of amides is 4. The maximum Gasteiger partial charge on any atom is 0.490 e. The molecule has 0 aliphatic heterocycles. The van der Waals surface area contributed by atoms with Crippen LogP contribution < -0.4 is 26.0 Å². The molecule has 3 aromatic carbocycles. The highest BCUT2D eigenvalue weighted by molar-refractivity contribution is 5.89. The van der Waals surface area contributed by atoms with Gasteiger partial charge in [0, 0.05) is 18.7 Å². The van der Waals surface area contributed by atoms with Crippen LogP contribution in [0.2, 0.25) is 0 Å². The average molecular weight is 647 g/mol. The first-order valence-corrected chi connectivity index (χ1v) is 13.7. The maximum atomic E-state index is 12.4. The molecule has 0 spiro atoms. The number of rotatable bonds is 13. The molecule has 12 nitrogen and oxygen atoms in total. The van der Waals surface area contributed by atoms with Crippen molar-refractivity contribution in [3.63, 3.8) is 0 Å². The fraction of sp³-hybridized carbons (Fsp3) is 0.258. The molecule has 0 heterocycles. The number of ether oxygens (including phenoxy) is 1. The zero-order chi connectivity index (χ0) is 34.1. The number of hydrogen-bond donors (Lipinski definition) is 6. The largest absolute Gasteiger partial charge is 0.497 e. The molecule has 4 amide bonds. The van der Waals surface area contributed by atoms with Gasteiger partial charge in [0.1, 0.15) is 5.75 Å². The van der Waals surface area contributed by atoms with Crippen LogP contribution >= 0.6 is 0 Å². The Hall–Kier alpha value is -5.60. The topological polar surface area (TPSA) is 183 Å². The smallest absolute Gasteiger partial charge is 0.490 e. The summed E-state index contributed by atoms with van der Waals surface area (Å²) in [5.41, 5.74) is 3.25. The maximum absolute atomic E-state index is 12.4. The van der Waals surface area contributed by atoms with E-state index in [0.29, 0.717) is 23.4 Å². The summed E-state index contributed by atoms with van der Waals surface area (Å²) in [7, 11) is 1.56. The number of urea groups is 1. The first kappa shape index (κ1) is 36.6. The second-order valence-corrected chi connectivity index (χ2v) is 9.50. The van der Waals surface area contributed by atoms with Crippen molar-refractivity contribution in [1.82, 2.24) is 16.0 Å². The average Bonchev–Trinajstić information content (AvgIpc) is 3.02. The van der Waals surface area contributed by atoms with Gasteiger partial charge in [-0.15, -0.1) is 0 Å². The van der Waals surface area contributed by atoms with Crippen molar-refractivity contribution in [3.8, 4) is 16.9 Å². The second-order valence-electron chi connectivity index (χ2n) is 9.50. The summed E-state index contributed by atoms with van der Waals surface area (Å²) >= 11 is 0. The number of alkyl halides is 3. The number of nitrogens with one attached hydrogen (secondary N) is 4. The lowest BCUT2D eigenvalue weighted by Crippen LogP contribution is -2.39. The third-order valence-electron chi connectivity index (χ3n) is 6.04. The van der Waals surface area contributed by atoms with E-state index in [1.807, 2.05) is 42.5 Å². The molecule has 0 radical (unpaired) electrons. The zero-order valence-electron chi connectivity index (χ0n) is 24.6. The lowest BCUT2D eigenvalue weighted by atomic mass is 9.99. The van der Waals surface area contributed by atoms with Crippen LogP contribution in [0, 0.1) is 0 Å². The van der Waals surface area contributed by atoms with Gasteiger partial charge in [0.2, 0.25) is 11.8 Å². The van der Waals surface area contributed by atoms with Gasteiger partial charge in [-0.25, -0.2) is 9.59 Å². The van der Waals surface area contributed by atoms with Gasteiger partial charge in [-0.2, -0.15) is 13.2 Å². The Morgan fingerprint density at radius 1 is 0.804 bits per heavy atom. The number of aliphatic carboxylic acids is 2. The minimum atomic E-state index is -5.08. The van der Waals surface area contributed by atoms with Gasteiger partial charge in [-0.3, -0.25) is 14.4 Å². The number of carbonyl (C=O) groups excluding carboxylic acids is 3. The highest BCUT2D eigenvalue weighted by Crippen LogP contribution is 2.23. The van der Waals surface area contributed by atoms with Crippen LogP contribution in [-0.2, 0) is 19.2 Å². The third-order valence-corrected chi connectivity index (χ3v) is 6.04. The van der Waals surface area contributed by atoms with Crippen molar-refractivity contribution in [2.45, 2.75) is 31.5 Å². The third kappa shape index (κ3) is 13.8. The van der Waals surface area contributed by atoms with Gasteiger partial charge < -0.3 is 36.2 Å². The number of benzene rings is 3. The standard InChI is InChI=1S/C29H32N4O6.C2HF3O2/c1-39-24-15-13-23(14-16-24)32-29(38)30-17-5-8-26(34)31-19-27(35)33-25(18-28(36)37)22-11-9-21(10-12-22)20-6-3-2-4-7-20;3-2(4,5)1(6)7/h2-4,6-7,9-16,25H,5,8,17-19H2,1H3,(H,31,34)(H,33,35)(H,36,37)(H2,30,32,38);(H,6,7). The van der Waals surface area contributed by atoms with E-state index in [0.717, 1.165) is 11.1 Å². The van der Waals surface area contributed by atoms with Crippen LogP contribution in [0.4, 0.5) is 23.7 Å².